The van der Waals surface area contributed by atoms with Crippen molar-refractivity contribution in [3.8, 4) is 0 Å². The van der Waals surface area contributed by atoms with E-state index in [-0.39, 0.29) is 31.4 Å². The summed E-state index contributed by atoms with van der Waals surface area (Å²) in [4.78, 5) is 36.7. The molecule has 0 fully saturated rings. The number of esters is 1. The number of hydrogen-bond donors (Lipinski definition) is 0. The Morgan fingerprint density at radius 2 is 1.91 bits per heavy atom. The summed E-state index contributed by atoms with van der Waals surface area (Å²) in [7, 11) is 0. The van der Waals surface area contributed by atoms with Crippen molar-refractivity contribution in [1.82, 2.24) is 14.9 Å². The van der Waals surface area contributed by atoms with Crippen LogP contribution in [0, 0.1) is 13.8 Å². The van der Waals surface area contributed by atoms with E-state index in [1.165, 1.54) is 6.07 Å². The lowest BCUT2D eigenvalue weighted by molar-refractivity contribution is 0.0486. The predicted octanol–water partition coefficient (Wildman–Crippen LogP) is 6.27. The van der Waals surface area contributed by atoms with Crippen molar-refractivity contribution in [2.24, 2.45) is 0 Å². The third-order valence-corrected chi connectivity index (χ3v) is 6.35. The highest BCUT2D eigenvalue weighted by atomic mass is 79.9. The molecule has 1 amide bonds. The number of para-hydroxylation sites is 1. The lowest BCUT2D eigenvalue weighted by Gasteiger charge is -2.24. The lowest BCUT2D eigenvalue weighted by atomic mass is 10.00. The Kier molecular flexibility index (Phi) is 7.52. The van der Waals surface area contributed by atoms with Crippen LogP contribution in [0.15, 0.2) is 57.6 Å². The van der Waals surface area contributed by atoms with Crippen molar-refractivity contribution >= 4 is 50.3 Å². The summed E-state index contributed by atoms with van der Waals surface area (Å²) in [5.74, 6) is -0.266. The van der Waals surface area contributed by atoms with Crippen molar-refractivity contribution in [2.45, 2.75) is 33.9 Å². The number of aryl methyl sites for hydroxylation is 1. The van der Waals surface area contributed by atoms with E-state index in [9.17, 15) is 9.59 Å². The van der Waals surface area contributed by atoms with Crippen LogP contribution in [-0.4, -0.2) is 33.4 Å². The van der Waals surface area contributed by atoms with Crippen molar-refractivity contribution in [2.75, 3.05) is 6.61 Å². The highest BCUT2D eigenvalue weighted by molar-refractivity contribution is 9.10. The van der Waals surface area contributed by atoms with E-state index in [1.807, 2.05) is 38.1 Å². The molecule has 0 atom stereocenters. The summed E-state index contributed by atoms with van der Waals surface area (Å²) < 4.78 is 11.4. The second-order valence-corrected chi connectivity index (χ2v) is 9.27. The molecular formula is C26H23BrClN3O4. The van der Waals surface area contributed by atoms with Gasteiger partial charge < -0.3 is 14.1 Å². The topological polar surface area (TPSA) is 85.5 Å². The van der Waals surface area contributed by atoms with Gasteiger partial charge in [0.05, 0.1) is 41.5 Å². The van der Waals surface area contributed by atoms with Crippen LogP contribution in [0.3, 0.4) is 0 Å². The zero-order valence-corrected chi connectivity index (χ0v) is 21.8. The molecule has 3 aromatic heterocycles. The van der Waals surface area contributed by atoms with Gasteiger partial charge in [-0.1, -0.05) is 29.8 Å². The molecule has 3 heterocycles. The molecule has 0 bridgehead atoms. The Bertz CT molecular complexity index is 1420. The van der Waals surface area contributed by atoms with E-state index in [2.05, 4.69) is 25.9 Å². The SMILES string of the molecule is CCOC(=O)c1ccc(CN(Cc2ncc(Br)cc2Cl)C(=O)c2c(C)c(C)nc3ccccc23)o1. The van der Waals surface area contributed by atoms with Crippen LogP contribution in [0.2, 0.25) is 5.02 Å². The Balaban J connectivity index is 1.76. The van der Waals surface area contributed by atoms with Crippen LogP contribution in [0.25, 0.3) is 10.9 Å². The zero-order valence-electron chi connectivity index (χ0n) is 19.5. The molecule has 180 valence electrons. The number of ether oxygens (including phenoxy) is 1. The molecule has 0 aliphatic heterocycles. The monoisotopic (exact) mass is 555 g/mol. The number of carbonyl (C=O) groups excluding carboxylic acids is 2. The van der Waals surface area contributed by atoms with Crippen molar-refractivity contribution < 1.29 is 18.7 Å². The summed E-state index contributed by atoms with van der Waals surface area (Å²) in [5, 5.41) is 1.18. The van der Waals surface area contributed by atoms with Gasteiger partial charge in [0, 0.05) is 21.7 Å². The number of furan rings is 1. The molecule has 9 heteroatoms. The van der Waals surface area contributed by atoms with Crippen LogP contribution in [0.5, 0.6) is 0 Å². The highest BCUT2D eigenvalue weighted by Gasteiger charge is 2.25. The number of halogens is 2. The van der Waals surface area contributed by atoms with Gasteiger partial charge in [-0.05, 0) is 66.5 Å². The maximum Gasteiger partial charge on any atom is 0.374 e. The summed E-state index contributed by atoms with van der Waals surface area (Å²) in [6, 6.07) is 12.5. The molecule has 4 rings (SSSR count). The Morgan fingerprint density at radius 1 is 1.14 bits per heavy atom. The Morgan fingerprint density at radius 3 is 2.66 bits per heavy atom. The number of fused-ring (bicyclic) bond motifs is 1. The Hall–Kier alpha value is -3.23. The zero-order chi connectivity index (χ0) is 25.1. The van der Waals surface area contributed by atoms with Gasteiger partial charge in [-0.3, -0.25) is 14.8 Å². The first kappa shape index (κ1) is 24.9. The standard InChI is InChI=1S/C26H23BrClN3O4/c1-4-34-26(33)23-10-9-18(35-23)13-31(14-22-20(28)11-17(27)12-29-22)25(32)24-15(2)16(3)30-21-8-6-5-7-19(21)24/h5-12H,4,13-14H2,1-3H3. The van der Waals surface area contributed by atoms with Crippen LogP contribution < -0.4 is 0 Å². The molecule has 0 saturated heterocycles. The Labute approximate surface area is 216 Å². The minimum absolute atomic E-state index is 0.0791. The van der Waals surface area contributed by atoms with Crippen LogP contribution in [0.1, 0.15) is 50.5 Å². The number of benzene rings is 1. The number of nitrogens with zero attached hydrogens (tertiary/aromatic N) is 3. The average Bonchev–Trinajstić information content (AvgIpc) is 3.30. The maximum atomic E-state index is 14.0. The minimum Gasteiger partial charge on any atom is -0.460 e. The molecule has 35 heavy (non-hydrogen) atoms. The summed E-state index contributed by atoms with van der Waals surface area (Å²) in [5.41, 5.74) is 3.39. The molecule has 0 radical (unpaired) electrons. The first-order chi connectivity index (χ1) is 16.8. The van der Waals surface area contributed by atoms with Gasteiger partial charge in [-0.2, -0.15) is 0 Å². The molecule has 0 aliphatic carbocycles. The van der Waals surface area contributed by atoms with Crippen LogP contribution in [0.4, 0.5) is 0 Å². The first-order valence-corrected chi connectivity index (χ1v) is 12.2. The average molecular weight is 557 g/mol. The van der Waals surface area contributed by atoms with Gasteiger partial charge >= 0.3 is 5.97 Å². The quantitative estimate of drug-likeness (QED) is 0.249. The van der Waals surface area contributed by atoms with Gasteiger partial charge in [0.2, 0.25) is 5.76 Å². The van der Waals surface area contributed by atoms with Crippen LogP contribution >= 0.6 is 27.5 Å². The van der Waals surface area contributed by atoms with Crippen molar-refractivity contribution in [1.29, 1.82) is 0 Å². The first-order valence-electron chi connectivity index (χ1n) is 11.0. The van der Waals surface area contributed by atoms with Gasteiger partial charge in [0.15, 0.2) is 0 Å². The lowest BCUT2D eigenvalue weighted by Crippen LogP contribution is -2.31. The van der Waals surface area contributed by atoms with Gasteiger partial charge in [0.25, 0.3) is 5.91 Å². The number of pyridine rings is 2. The molecular weight excluding hydrogens is 534 g/mol. The number of aromatic nitrogens is 2. The minimum atomic E-state index is -0.555. The number of rotatable bonds is 7. The van der Waals surface area contributed by atoms with Crippen molar-refractivity contribution in [3.05, 3.63) is 92.2 Å². The van der Waals surface area contributed by atoms with Gasteiger partial charge in [-0.15, -0.1) is 0 Å². The largest absolute Gasteiger partial charge is 0.460 e. The summed E-state index contributed by atoms with van der Waals surface area (Å²) in [6.07, 6.45) is 1.63. The van der Waals surface area contributed by atoms with Gasteiger partial charge in [0.1, 0.15) is 5.76 Å². The van der Waals surface area contributed by atoms with E-state index in [1.54, 1.807) is 30.2 Å². The van der Waals surface area contributed by atoms with E-state index >= 15 is 0 Å². The van der Waals surface area contributed by atoms with E-state index < -0.39 is 5.97 Å². The molecule has 7 nitrogen and oxygen atoms in total. The fourth-order valence-electron chi connectivity index (χ4n) is 3.77. The van der Waals surface area contributed by atoms with E-state index in [0.29, 0.717) is 22.0 Å². The highest BCUT2D eigenvalue weighted by Crippen LogP contribution is 2.27. The number of amides is 1. The van der Waals surface area contributed by atoms with Crippen LogP contribution in [-0.2, 0) is 17.8 Å². The fraction of sp³-hybridized carbons (Fsp3) is 0.231. The molecule has 4 aromatic rings. The van der Waals surface area contributed by atoms with Crippen molar-refractivity contribution in [3.63, 3.8) is 0 Å². The third-order valence-electron chi connectivity index (χ3n) is 5.59. The second kappa shape index (κ2) is 10.6. The molecule has 0 N–H and O–H groups in total. The maximum absolute atomic E-state index is 14.0. The molecule has 1 aromatic carbocycles. The predicted molar refractivity (Wildman–Crippen MR) is 136 cm³/mol. The normalized spacial score (nSPS) is 11.0. The molecule has 0 aliphatic rings. The third kappa shape index (κ3) is 5.39. The molecule has 0 spiro atoms. The van der Waals surface area contributed by atoms with E-state index in [0.717, 1.165) is 26.6 Å². The molecule has 0 unspecified atom stereocenters. The number of hydrogen-bond acceptors (Lipinski definition) is 6. The van der Waals surface area contributed by atoms with Gasteiger partial charge in [-0.25, -0.2) is 4.79 Å². The number of carbonyl (C=O) groups is 2. The summed E-state index contributed by atoms with van der Waals surface area (Å²) >= 11 is 9.80. The summed E-state index contributed by atoms with van der Waals surface area (Å²) in [6.45, 7) is 5.96. The van der Waals surface area contributed by atoms with E-state index in [4.69, 9.17) is 20.8 Å². The molecule has 0 saturated carbocycles. The smallest absolute Gasteiger partial charge is 0.374 e. The fourth-order valence-corrected chi connectivity index (χ4v) is 4.46. The second-order valence-electron chi connectivity index (χ2n) is 7.94.